The monoisotopic (exact) mass is 179 g/mol. The van der Waals surface area contributed by atoms with Gasteiger partial charge in [-0.15, -0.1) is 0 Å². The molecule has 0 aliphatic rings. The van der Waals surface area contributed by atoms with E-state index in [9.17, 15) is 9.18 Å². The summed E-state index contributed by atoms with van der Waals surface area (Å²) in [6, 6.07) is 3.84. The van der Waals surface area contributed by atoms with Gasteiger partial charge in [0.2, 0.25) is 0 Å². The fourth-order valence-corrected chi connectivity index (χ4v) is 1.13. The summed E-state index contributed by atoms with van der Waals surface area (Å²) in [7, 11) is 0. The van der Waals surface area contributed by atoms with Crippen LogP contribution in [-0.4, -0.2) is 11.5 Å². The smallest absolute Gasteiger partial charge is 0.160 e. The van der Waals surface area contributed by atoms with Crippen molar-refractivity contribution in [2.24, 2.45) is 0 Å². The van der Waals surface area contributed by atoms with Crippen LogP contribution in [0.2, 0.25) is 0 Å². The second-order valence-corrected chi connectivity index (χ2v) is 2.87. The molecule has 0 atom stereocenters. The van der Waals surface area contributed by atoms with E-state index in [4.69, 9.17) is 5.41 Å². The first-order valence-corrected chi connectivity index (χ1v) is 3.88. The zero-order valence-electron chi connectivity index (χ0n) is 7.52. The Morgan fingerprint density at radius 2 is 1.92 bits per heavy atom. The maximum absolute atomic E-state index is 12.8. The fourth-order valence-electron chi connectivity index (χ4n) is 1.13. The normalized spacial score (nSPS) is 9.77. The molecule has 1 aromatic rings. The van der Waals surface area contributed by atoms with Crippen LogP contribution in [0.3, 0.4) is 0 Å². The van der Waals surface area contributed by atoms with Gasteiger partial charge in [0.1, 0.15) is 5.82 Å². The SMILES string of the molecule is CC(=N)c1cc(F)ccc1C(C)=O. The maximum Gasteiger partial charge on any atom is 0.160 e. The van der Waals surface area contributed by atoms with Gasteiger partial charge in [-0.3, -0.25) is 4.79 Å². The lowest BCUT2D eigenvalue weighted by molar-refractivity contribution is 0.101. The molecule has 0 amide bonds. The van der Waals surface area contributed by atoms with Crippen LogP contribution < -0.4 is 0 Å². The molecule has 1 aromatic carbocycles. The lowest BCUT2D eigenvalue weighted by atomic mass is 10.0. The molecular formula is C10H10FNO. The van der Waals surface area contributed by atoms with E-state index in [1.54, 1.807) is 0 Å². The predicted molar refractivity (Wildman–Crippen MR) is 48.9 cm³/mol. The van der Waals surface area contributed by atoms with Gasteiger partial charge < -0.3 is 5.41 Å². The Morgan fingerprint density at radius 3 is 2.38 bits per heavy atom. The number of carbonyl (C=O) groups is 1. The van der Waals surface area contributed by atoms with Crippen LogP contribution in [-0.2, 0) is 0 Å². The molecule has 3 heteroatoms. The highest BCUT2D eigenvalue weighted by atomic mass is 19.1. The van der Waals surface area contributed by atoms with E-state index in [0.717, 1.165) is 0 Å². The van der Waals surface area contributed by atoms with Gasteiger partial charge in [0.25, 0.3) is 0 Å². The molecule has 0 aromatic heterocycles. The Bertz CT molecular complexity index is 371. The van der Waals surface area contributed by atoms with Crippen molar-refractivity contribution in [2.45, 2.75) is 13.8 Å². The number of hydrogen-bond acceptors (Lipinski definition) is 2. The van der Waals surface area contributed by atoms with Gasteiger partial charge in [-0.1, -0.05) is 0 Å². The fraction of sp³-hybridized carbons (Fsp3) is 0.200. The van der Waals surface area contributed by atoms with Crippen molar-refractivity contribution in [3.63, 3.8) is 0 Å². The summed E-state index contributed by atoms with van der Waals surface area (Å²) in [6.07, 6.45) is 0. The summed E-state index contributed by atoms with van der Waals surface area (Å²) in [5, 5.41) is 7.35. The maximum atomic E-state index is 12.8. The summed E-state index contributed by atoms with van der Waals surface area (Å²) in [5.74, 6) is -0.576. The molecule has 0 saturated heterocycles. The van der Waals surface area contributed by atoms with E-state index >= 15 is 0 Å². The third-order valence-corrected chi connectivity index (χ3v) is 1.76. The summed E-state index contributed by atoms with van der Waals surface area (Å²) in [5.41, 5.74) is 0.964. The van der Waals surface area contributed by atoms with Crippen molar-refractivity contribution in [1.82, 2.24) is 0 Å². The number of benzene rings is 1. The summed E-state index contributed by atoms with van der Waals surface area (Å²) in [4.78, 5) is 11.1. The van der Waals surface area contributed by atoms with Crippen molar-refractivity contribution in [1.29, 1.82) is 5.41 Å². The molecular weight excluding hydrogens is 169 g/mol. The topological polar surface area (TPSA) is 40.9 Å². The Kier molecular flexibility index (Phi) is 2.56. The molecule has 13 heavy (non-hydrogen) atoms. The van der Waals surface area contributed by atoms with Gasteiger partial charge in [0.05, 0.1) is 0 Å². The van der Waals surface area contributed by atoms with Crippen LogP contribution in [0.15, 0.2) is 18.2 Å². The van der Waals surface area contributed by atoms with E-state index in [2.05, 4.69) is 0 Å². The number of halogens is 1. The highest BCUT2D eigenvalue weighted by Crippen LogP contribution is 2.12. The van der Waals surface area contributed by atoms with Crippen LogP contribution in [0.4, 0.5) is 4.39 Å². The first-order chi connectivity index (χ1) is 6.02. The highest BCUT2D eigenvalue weighted by Gasteiger charge is 2.09. The first-order valence-electron chi connectivity index (χ1n) is 3.88. The molecule has 0 bridgehead atoms. The molecule has 0 aliphatic heterocycles. The molecule has 0 unspecified atom stereocenters. The molecule has 0 spiro atoms. The quantitative estimate of drug-likeness (QED) is 0.549. The average Bonchev–Trinajstić information content (AvgIpc) is 2.03. The van der Waals surface area contributed by atoms with Crippen molar-refractivity contribution in [3.8, 4) is 0 Å². The van der Waals surface area contributed by atoms with Crippen LogP contribution in [0.1, 0.15) is 29.8 Å². The highest BCUT2D eigenvalue weighted by molar-refractivity contribution is 6.08. The van der Waals surface area contributed by atoms with Crippen LogP contribution in [0.5, 0.6) is 0 Å². The van der Waals surface area contributed by atoms with E-state index in [-0.39, 0.29) is 11.5 Å². The Morgan fingerprint density at radius 1 is 1.31 bits per heavy atom. The van der Waals surface area contributed by atoms with E-state index < -0.39 is 5.82 Å². The van der Waals surface area contributed by atoms with Gasteiger partial charge in [0, 0.05) is 16.8 Å². The number of nitrogens with one attached hydrogen (secondary N) is 1. The van der Waals surface area contributed by atoms with E-state index in [0.29, 0.717) is 11.1 Å². The van der Waals surface area contributed by atoms with Crippen molar-refractivity contribution >= 4 is 11.5 Å². The molecule has 0 heterocycles. The summed E-state index contributed by atoms with van der Waals surface area (Å²) >= 11 is 0. The van der Waals surface area contributed by atoms with Gasteiger partial charge in [-0.2, -0.15) is 0 Å². The molecule has 68 valence electrons. The van der Waals surface area contributed by atoms with Gasteiger partial charge in [-0.25, -0.2) is 4.39 Å². The second-order valence-electron chi connectivity index (χ2n) is 2.87. The van der Waals surface area contributed by atoms with Gasteiger partial charge >= 0.3 is 0 Å². The summed E-state index contributed by atoms with van der Waals surface area (Å²) in [6.45, 7) is 2.93. The molecule has 2 nitrogen and oxygen atoms in total. The molecule has 1 N–H and O–H groups in total. The van der Waals surface area contributed by atoms with Crippen molar-refractivity contribution in [3.05, 3.63) is 35.1 Å². The molecule has 0 radical (unpaired) electrons. The van der Waals surface area contributed by atoms with Crippen LogP contribution in [0, 0.1) is 11.2 Å². The van der Waals surface area contributed by atoms with Crippen LogP contribution >= 0.6 is 0 Å². The van der Waals surface area contributed by atoms with Crippen molar-refractivity contribution in [2.75, 3.05) is 0 Å². The third kappa shape index (κ3) is 1.99. The minimum absolute atomic E-state index is 0.151. The Hall–Kier alpha value is -1.51. The zero-order valence-corrected chi connectivity index (χ0v) is 7.52. The zero-order chi connectivity index (χ0) is 10.0. The number of Topliss-reactive ketones (excluding diaryl/α,β-unsaturated/α-hetero) is 1. The van der Waals surface area contributed by atoms with Gasteiger partial charge in [-0.05, 0) is 32.0 Å². The van der Waals surface area contributed by atoms with E-state index in [1.165, 1.54) is 32.0 Å². The largest absolute Gasteiger partial charge is 0.305 e. The number of rotatable bonds is 2. The Labute approximate surface area is 75.9 Å². The standard InChI is InChI=1S/C10H10FNO/c1-6(12)10-5-8(11)3-4-9(10)7(2)13/h3-5,12H,1-2H3. The lowest BCUT2D eigenvalue weighted by Crippen LogP contribution is -2.04. The Balaban J connectivity index is 3.35. The summed E-state index contributed by atoms with van der Waals surface area (Å²) < 4.78 is 12.8. The minimum Gasteiger partial charge on any atom is -0.305 e. The third-order valence-electron chi connectivity index (χ3n) is 1.76. The van der Waals surface area contributed by atoms with Crippen LogP contribution in [0.25, 0.3) is 0 Å². The van der Waals surface area contributed by atoms with E-state index in [1.807, 2.05) is 0 Å². The van der Waals surface area contributed by atoms with Gasteiger partial charge in [0.15, 0.2) is 5.78 Å². The predicted octanol–water partition coefficient (Wildman–Crippen LogP) is 2.42. The lowest BCUT2D eigenvalue weighted by Gasteiger charge is -2.04. The second kappa shape index (κ2) is 3.47. The molecule has 0 saturated carbocycles. The number of carbonyl (C=O) groups excluding carboxylic acids is 1. The number of ketones is 1. The van der Waals surface area contributed by atoms with Crippen molar-refractivity contribution < 1.29 is 9.18 Å². The molecule has 1 rings (SSSR count). The minimum atomic E-state index is -0.424. The molecule has 0 fully saturated rings. The molecule has 0 aliphatic carbocycles. The average molecular weight is 179 g/mol. The first kappa shape index (κ1) is 9.58. The number of hydrogen-bond donors (Lipinski definition) is 1.